The van der Waals surface area contributed by atoms with Gasteiger partial charge in [0.05, 0.1) is 24.3 Å². The van der Waals surface area contributed by atoms with Gasteiger partial charge in [0.1, 0.15) is 0 Å². The van der Waals surface area contributed by atoms with Crippen LogP contribution in [0.2, 0.25) is 0 Å². The van der Waals surface area contributed by atoms with Crippen molar-refractivity contribution >= 4 is 17.9 Å². The molecule has 25 heavy (non-hydrogen) atoms. The van der Waals surface area contributed by atoms with Crippen LogP contribution in [0.3, 0.4) is 0 Å². The fourth-order valence-corrected chi connectivity index (χ4v) is 2.08. The maximum Gasteiger partial charge on any atom is 0.274 e. The van der Waals surface area contributed by atoms with E-state index < -0.39 is 4.92 Å². The van der Waals surface area contributed by atoms with E-state index >= 15 is 0 Å². The summed E-state index contributed by atoms with van der Waals surface area (Å²) in [6.45, 7) is 1.96. The van der Waals surface area contributed by atoms with Crippen LogP contribution in [0.4, 0.5) is 11.6 Å². The van der Waals surface area contributed by atoms with E-state index in [9.17, 15) is 20.0 Å². The van der Waals surface area contributed by atoms with Crippen LogP contribution >= 0.6 is 0 Å². The molecule has 0 atom stereocenters. The van der Waals surface area contributed by atoms with Crippen molar-refractivity contribution in [2.24, 2.45) is 5.10 Å². The first-order valence-corrected chi connectivity index (χ1v) is 7.39. The Bertz CT molecular complexity index is 862. The maximum absolute atomic E-state index is 11.6. The van der Waals surface area contributed by atoms with Gasteiger partial charge in [-0.3, -0.25) is 19.9 Å². The first-order valence-electron chi connectivity index (χ1n) is 7.39. The molecule has 2 aromatic rings. The smallest absolute Gasteiger partial charge is 0.274 e. The standard InChI is InChI=1S/C15H17N5O5/c1-3-4-10-6-13(21)18-15(17-10)19-16-8-9-5-11(20(23)24)7-12(25-2)14(9)22/h5-8,22H,3-4H2,1-2H3,(H2,17,18,19,21)/b16-8+. The number of anilines is 1. The summed E-state index contributed by atoms with van der Waals surface area (Å²) in [5, 5.41) is 24.8. The van der Waals surface area contributed by atoms with Gasteiger partial charge in [-0.2, -0.15) is 5.10 Å². The Kier molecular flexibility index (Phi) is 5.66. The second-order valence-corrected chi connectivity index (χ2v) is 5.05. The van der Waals surface area contributed by atoms with Gasteiger partial charge in [-0.1, -0.05) is 13.3 Å². The van der Waals surface area contributed by atoms with Gasteiger partial charge in [-0.05, 0) is 6.42 Å². The maximum atomic E-state index is 11.6. The normalized spacial score (nSPS) is 10.8. The molecule has 0 spiro atoms. The molecule has 0 aliphatic carbocycles. The number of hydrogen-bond donors (Lipinski definition) is 3. The number of H-pyrrole nitrogens is 1. The van der Waals surface area contributed by atoms with Crippen molar-refractivity contribution < 1.29 is 14.8 Å². The number of nitrogens with zero attached hydrogens (tertiary/aromatic N) is 3. The highest BCUT2D eigenvalue weighted by molar-refractivity contribution is 5.86. The quantitative estimate of drug-likeness (QED) is 0.393. The number of rotatable bonds is 7. The van der Waals surface area contributed by atoms with E-state index in [1.165, 1.54) is 13.2 Å². The number of benzene rings is 1. The van der Waals surface area contributed by atoms with Gasteiger partial charge in [0, 0.05) is 23.4 Å². The van der Waals surface area contributed by atoms with Crippen LogP contribution < -0.4 is 15.7 Å². The Balaban J connectivity index is 2.26. The molecule has 0 saturated heterocycles. The zero-order valence-corrected chi connectivity index (χ0v) is 13.6. The predicted octanol–water partition coefficient (Wildman–Crippen LogP) is 1.79. The zero-order chi connectivity index (χ0) is 18.4. The van der Waals surface area contributed by atoms with E-state index in [2.05, 4.69) is 20.5 Å². The third-order valence-electron chi connectivity index (χ3n) is 3.19. The number of nitro benzene ring substituents is 1. The highest BCUT2D eigenvalue weighted by Gasteiger charge is 2.15. The summed E-state index contributed by atoms with van der Waals surface area (Å²) < 4.78 is 4.90. The lowest BCUT2D eigenvalue weighted by Gasteiger charge is -2.06. The van der Waals surface area contributed by atoms with Crippen LogP contribution in [0, 0.1) is 10.1 Å². The summed E-state index contributed by atoms with van der Waals surface area (Å²) in [5.74, 6) is -0.212. The lowest BCUT2D eigenvalue weighted by atomic mass is 10.2. The largest absolute Gasteiger partial charge is 0.504 e. The topological polar surface area (TPSA) is 143 Å². The molecule has 3 N–H and O–H groups in total. The number of ether oxygens (including phenoxy) is 1. The van der Waals surface area contributed by atoms with Crippen LogP contribution in [0.25, 0.3) is 0 Å². The Hall–Kier alpha value is -3.43. The number of phenols is 1. The molecule has 1 aromatic heterocycles. The van der Waals surface area contributed by atoms with Gasteiger partial charge in [-0.25, -0.2) is 10.4 Å². The fraction of sp³-hybridized carbons (Fsp3) is 0.267. The van der Waals surface area contributed by atoms with E-state index in [0.717, 1.165) is 24.8 Å². The SMILES string of the molecule is CCCc1cc(=O)[nH]c(N/N=C/c2cc([N+](=O)[O-])cc(OC)c2O)n1. The molecule has 0 radical (unpaired) electrons. The Morgan fingerprint density at radius 2 is 2.24 bits per heavy atom. The van der Waals surface area contributed by atoms with Crippen LogP contribution in [0.1, 0.15) is 24.6 Å². The minimum absolute atomic E-state index is 0.0490. The monoisotopic (exact) mass is 347 g/mol. The molecular formula is C15H17N5O5. The van der Waals surface area contributed by atoms with Gasteiger partial charge in [0.25, 0.3) is 11.2 Å². The van der Waals surface area contributed by atoms with Crippen molar-refractivity contribution in [3.63, 3.8) is 0 Å². The molecule has 1 heterocycles. The van der Waals surface area contributed by atoms with Crippen molar-refractivity contribution in [1.29, 1.82) is 0 Å². The average Bonchev–Trinajstić information content (AvgIpc) is 2.56. The van der Waals surface area contributed by atoms with E-state index in [0.29, 0.717) is 12.1 Å². The Morgan fingerprint density at radius 3 is 2.88 bits per heavy atom. The molecule has 0 fully saturated rings. The number of hydrazone groups is 1. The van der Waals surface area contributed by atoms with Crippen LogP contribution in [0.5, 0.6) is 11.5 Å². The number of methoxy groups -OCH3 is 1. The third-order valence-corrected chi connectivity index (χ3v) is 3.19. The molecule has 0 bridgehead atoms. The lowest BCUT2D eigenvalue weighted by molar-refractivity contribution is -0.385. The zero-order valence-electron chi connectivity index (χ0n) is 13.6. The number of non-ortho nitro benzene ring substituents is 1. The Morgan fingerprint density at radius 1 is 1.48 bits per heavy atom. The molecular weight excluding hydrogens is 330 g/mol. The summed E-state index contributed by atoms with van der Waals surface area (Å²) in [6.07, 6.45) is 2.64. The summed E-state index contributed by atoms with van der Waals surface area (Å²) in [6, 6.07) is 3.65. The highest BCUT2D eigenvalue weighted by Crippen LogP contribution is 2.33. The molecule has 0 saturated carbocycles. The summed E-state index contributed by atoms with van der Waals surface area (Å²) in [5.41, 5.74) is 2.64. The van der Waals surface area contributed by atoms with Crippen LogP contribution in [0.15, 0.2) is 28.1 Å². The van der Waals surface area contributed by atoms with Crippen molar-refractivity contribution in [2.45, 2.75) is 19.8 Å². The van der Waals surface area contributed by atoms with Gasteiger partial charge < -0.3 is 9.84 Å². The second-order valence-electron chi connectivity index (χ2n) is 5.05. The molecule has 0 aliphatic rings. The summed E-state index contributed by atoms with van der Waals surface area (Å²) in [7, 11) is 1.28. The number of aryl methyl sites for hydroxylation is 1. The van der Waals surface area contributed by atoms with Gasteiger partial charge in [-0.15, -0.1) is 0 Å². The predicted molar refractivity (Wildman–Crippen MR) is 91.4 cm³/mol. The summed E-state index contributed by atoms with van der Waals surface area (Å²) >= 11 is 0. The number of nitro groups is 1. The number of nitrogens with one attached hydrogen (secondary N) is 2. The van der Waals surface area contributed by atoms with Crippen molar-refractivity contribution in [1.82, 2.24) is 9.97 Å². The van der Waals surface area contributed by atoms with Crippen LogP contribution in [-0.2, 0) is 6.42 Å². The number of phenolic OH excluding ortho intramolecular Hbond substituents is 1. The van der Waals surface area contributed by atoms with Crippen LogP contribution in [-0.4, -0.2) is 33.3 Å². The van der Waals surface area contributed by atoms with Gasteiger partial charge >= 0.3 is 0 Å². The molecule has 1 aromatic carbocycles. The molecule has 2 rings (SSSR count). The van der Waals surface area contributed by atoms with E-state index in [1.807, 2.05) is 6.92 Å². The Labute approximate surface area is 142 Å². The molecule has 0 unspecified atom stereocenters. The molecule has 0 aliphatic heterocycles. The first-order chi connectivity index (χ1) is 11.9. The lowest BCUT2D eigenvalue weighted by Crippen LogP contribution is -2.12. The second kappa shape index (κ2) is 7.90. The van der Waals surface area contributed by atoms with Crippen molar-refractivity contribution in [3.05, 3.63) is 49.9 Å². The third kappa shape index (κ3) is 4.53. The highest BCUT2D eigenvalue weighted by atomic mass is 16.6. The minimum atomic E-state index is -0.611. The van der Waals surface area contributed by atoms with Gasteiger partial charge in [0.15, 0.2) is 11.5 Å². The number of hydrogen-bond acceptors (Lipinski definition) is 8. The fourth-order valence-electron chi connectivity index (χ4n) is 2.08. The average molecular weight is 347 g/mol. The number of aromatic amines is 1. The minimum Gasteiger partial charge on any atom is -0.504 e. The van der Waals surface area contributed by atoms with Crippen molar-refractivity contribution in [3.8, 4) is 11.5 Å². The van der Waals surface area contributed by atoms with E-state index in [1.54, 1.807) is 0 Å². The molecule has 132 valence electrons. The van der Waals surface area contributed by atoms with E-state index in [4.69, 9.17) is 4.74 Å². The summed E-state index contributed by atoms with van der Waals surface area (Å²) in [4.78, 5) is 28.5. The molecule has 10 nitrogen and oxygen atoms in total. The van der Waals surface area contributed by atoms with Crippen molar-refractivity contribution in [2.75, 3.05) is 12.5 Å². The van der Waals surface area contributed by atoms with Gasteiger partial charge in [0.2, 0.25) is 5.95 Å². The molecule has 10 heteroatoms. The molecule has 0 amide bonds. The number of aromatic nitrogens is 2. The first kappa shape index (κ1) is 17.9. The van der Waals surface area contributed by atoms with E-state index in [-0.39, 0.29) is 34.3 Å². The number of aromatic hydroxyl groups is 1.